The molecule has 2 fully saturated rings. The monoisotopic (exact) mass is 310 g/mol. The van der Waals surface area contributed by atoms with Gasteiger partial charge in [-0.15, -0.1) is 0 Å². The Hall–Kier alpha value is -1.13. The molecule has 0 unspecified atom stereocenters. The van der Waals surface area contributed by atoms with Crippen LogP contribution in [0.15, 0.2) is 18.2 Å². The number of nitrogens with zero attached hydrogens (tertiary/aromatic N) is 1. The van der Waals surface area contributed by atoms with Crippen LogP contribution >= 0.6 is 11.6 Å². The van der Waals surface area contributed by atoms with E-state index in [9.17, 15) is 9.18 Å². The number of hydrogen-bond donors (Lipinski definition) is 1. The Kier molecular flexibility index (Phi) is 4.18. The van der Waals surface area contributed by atoms with Gasteiger partial charge >= 0.3 is 0 Å². The minimum atomic E-state index is -0.486. The van der Waals surface area contributed by atoms with Gasteiger partial charge < -0.3 is 10.2 Å². The van der Waals surface area contributed by atoms with Gasteiger partial charge in [0.05, 0.1) is 5.02 Å². The molecule has 1 spiro atoms. The number of likely N-dealkylation sites (tertiary alicyclic amines) is 1. The number of benzene rings is 1. The molecule has 0 bridgehead atoms. The maximum Gasteiger partial charge on any atom is 0.253 e. The van der Waals surface area contributed by atoms with E-state index in [2.05, 4.69) is 5.32 Å². The fraction of sp³-hybridized carbons (Fsp3) is 0.562. The summed E-state index contributed by atoms with van der Waals surface area (Å²) >= 11 is 5.76. The number of nitrogens with one attached hydrogen (secondary N) is 1. The summed E-state index contributed by atoms with van der Waals surface area (Å²) in [5.41, 5.74) is 0.894. The van der Waals surface area contributed by atoms with Gasteiger partial charge in [0.2, 0.25) is 0 Å². The largest absolute Gasteiger partial charge is 0.339 e. The van der Waals surface area contributed by atoms with Crippen LogP contribution in [-0.2, 0) is 0 Å². The molecule has 1 aromatic rings. The number of piperidine rings is 2. The van der Waals surface area contributed by atoms with Gasteiger partial charge in [-0.1, -0.05) is 11.6 Å². The highest BCUT2D eigenvalue weighted by Gasteiger charge is 2.36. The van der Waals surface area contributed by atoms with Gasteiger partial charge in [0, 0.05) is 18.7 Å². The first-order valence-corrected chi connectivity index (χ1v) is 7.93. The summed E-state index contributed by atoms with van der Waals surface area (Å²) in [6, 6.07) is 4.19. The van der Waals surface area contributed by atoms with Crippen molar-refractivity contribution in [2.45, 2.75) is 25.7 Å². The first-order valence-electron chi connectivity index (χ1n) is 7.55. The average molecular weight is 311 g/mol. The van der Waals surface area contributed by atoms with Crippen LogP contribution in [0, 0.1) is 11.2 Å². The molecule has 0 saturated carbocycles. The van der Waals surface area contributed by atoms with Gasteiger partial charge in [-0.3, -0.25) is 4.79 Å². The van der Waals surface area contributed by atoms with Crippen LogP contribution in [0.25, 0.3) is 0 Å². The molecule has 3 rings (SSSR count). The smallest absolute Gasteiger partial charge is 0.253 e. The highest BCUT2D eigenvalue weighted by molar-refractivity contribution is 6.31. The third-order valence-corrected chi connectivity index (χ3v) is 5.23. The molecule has 5 heteroatoms. The molecule has 2 saturated heterocycles. The highest BCUT2D eigenvalue weighted by atomic mass is 35.5. The molecule has 1 aromatic carbocycles. The maximum absolute atomic E-state index is 13.2. The van der Waals surface area contributed by atoms with Gasteiger partial charge in [0.15, 0.2) is 0 Å². The summed E-state index contributed by atoms with van der Waals surface area (Å²) in [6.45, 7) is 3.74. The Balaban J connectivity index is 1.65. The zero-order valence-electron chi connectivity index (χ0n) is 12.0. The third-order valence-electron chi connectivity index (χ3n) is 4.94. The lowest BCUT2D eigenvalue weighted by atomic mass is 9.71. The zero-order chi connectivity index (χ0) is 14.9. The number of hydrogen-bond acceptors (Lipinski definition) is 2. The van der Waals surface area contributed by atoms with Gasteiger partial charge in [-0.2, -0.15) is 0 Å². The normalized spacial score (nSPS) is 21.5. The first kappa shape index (κ1) is 14.8. The average Bonchev–Trinajstić information content (AvgIpc) is 2.51. The molecule has 3 nitrogen and oxygen atoms in total. The minimum Gasteiger partial charge on any atom is -0.339 e. The topological polar surface area (TPSA) is 32.3 Å². The second kappa shape index (κ2) is 5.93. The second-order valence-corrected chi connectivity index (χ2v) is 6.58. The molecule has 1 amide bonds. The van der Waals surface area contributed by atoms with E-state index in [0.29, 0.717) is 11.0 Å². The van der Waals surface area contributed by atoms with Crippen molar-refractivity contribution in [2.24, 2.45) is 5.41 Å². The summed E-state index contributed by atoms with van der Waals surface area (Å²) in [5.74, 6) is -0.527. The molecule has 0 atom stereocenters. The Morgan fingerprint density at radius 1 is 1.19 bits per heavy atom. The molecule has 0 aliphatic carbocycles. The lowest BCUT2D eigenvalue weighted by Gasteiger charge is -2.44. The molecule has 1 N–H and O–H groups in total. The maximum atomic E-state index is 13.2. The van der Waals surface area contributed by atoms with Crippen molar-refractivity contribution < 1.29 is 9.18 Å². The quantitative estimate of drug-likeness (QED) is 0.864. The van der Waals surface area contributed by atoms with Crippen LogP contribution in [0.4, 0.5) is 4.39 Å². The third kappa shape index (κ3) is 3.06. The number of rotatable bonds is 1. The predicted molar refractivity (Wildman–Crippen MR) is 81.1 cm³/mol. The molecular formula is C16H20ClFN2O. The molecule has 2 heterocycles. The number of carbonyl (C=O) groups is 1. The summed E-state index contributed by atoms with van der Waals surface area (Å²) in [4.78, 5) is 14.3. The van der Waals surface area contributed by atoms with E-state index >= 15 is 0 Å². The van der Waals surface area contributed by atoms with Crippen molar-refractivity contribution >= 4 is 17.5 Å². The standard InChI is InChI=1S/C16H20ClFN2O/c17-13-11-12(1-2-14(13)18)15(21)20-9-5-16(6-10-20)3-7-19-8-4-16/h1-2,11,19H,3-10H2. The lowest BCUT2D eigenvalue weighted by Crippen LogP contribution is -2.47. The first-order chi connectivity index (χ1) is 10.1. The molecule has 0 radical (unpaired) electrons. The van der Waals surface area contributed by atoms with Crippen LogP contribution in [-0.4, -0.2) is 37.0 Å². The van der Waals surface area contributed by atoms with Crippen LogP contribution in [0.1, 0.15) is 36.0 Å². The van der Waals surface area contributed by atoms with Gasteiger partial charge in [-0.05, 0) is 62.4 Å². The predicted octanol–water partition coefficient (Wildman–Crippen LogP) is 3.08. The Bertz CT molecular complexity index is 533. The second-order valence-electron chi connectivity index (χ2n) is 6.17. The Morgan fingerprint density at radius 3 is 2.48 bits per heavy atom. The molecule has 21 heavy (non-hydrogen) atoms. The van der Waals surface area contributed by atoms with Crippen LogP contribution < -0.4 is 5.32 Å². The zero-order valence-corrected chi connectivity index (χ0v) is 12.8. The van der Waals surface area contributed by atoms with Crippen LogP contribution in [0.5, 0.6) is 0 Å². The van der Waals surface area contributed by atoms with Crippen molar-refractivity contribution in [1.82, 2.24) is 10.2 Å². The fourth-order valence-electron chi connectivity index (χ4n) is 3.45. The summed E-state index contributed by atoms with van der Waals surface area (Å²) in [7, 11) is 0. The van der Waals surface area contributed by atoms with E-state index in [1.807, 2.05) is 4.90 Å². The fourth-order valence-corrected chi connectivity index (χ4v) is 3.63. The van der Waals surface area contributed by atoms with E-state index in [-0.39, 0.29) is 10.9 Å². The van der Waals surface area contributed by atoms with Crippen molar-refractivity contribution in [1.29, 1.82) is 0 Å². The van der Waals surface area contributed by atoms with Gasteiger partial charge in [-0.25, -0.2) is 4.39 Å². The van der Waals surface area contributed by atoms with E-state index in [0.717, 1.165) is 39.0 Å². The van der Waals surface area contributed by atoms with Crippen LogP contribution in [0.3, 0.4) is 0 Å². The summed E-state index contributed by atoms with van der Waals surface area (Å²) in [5, 5.41) is 3.40. The van der Waals surface area contributed by atoms with E-state index in [4.69, 9.17) is 11.6 Å². The summed E-state index contributed by atoms with van der Waals surface area (Å²) in [6.07, 6.45) is 4.54. The molecule has 2 aliphatic heterocycles. The van der Waals surface area contributed by atoms with Crippen LogP contribution in [0.2, 0.25) is 5.02 Å². The molecule has 0 aromatic heterocycles. The number of carbonyl (C=O) groups excluding carboxylic acids is 1. The van der Waals surface area contributed by atoms with Gasteiger partial charge in [0.1, 0.15) is 5.82 Å². The SMILES string of the molecule is O=C(c1ccc(F)c(Cl)c1)N1CCC2(CCNCC2)CC1. The van der Waals surface area contributed by atoms with Crippen molar-refractivity contribution in [3.8, 4) is 0 Å². The summed E-state index contributed by atoms with van der Waals surface area (Å²) < 4.78 is 13.2. The number of amides is 1. The van der Waals surface area contributed by atoms with E-state index in [1.165, 1.54) is 31.0 Å². The minimum absolute atomic E-state index is 0.00712. The van der Waals surface area contributed by atoms with Crippen molar-refractivity contribution in [2.75, 3.05) is 26.2 Å². The van der Waals surface area contributed by atoms with Gasteiger partial charge in [0.25, 0.3) is 5.91 Å². The van der Waals surface area contributed by atoms with Crippen molar-refractivity contribution in [3.63, 3.8) is 0 Å². The molecular weight excluding hydrogens is 291 g/mol. The highest BCUT2D eigenvalue weighted by Crippen LogP contribution is 2.39. The lowest BCUT2D eigenvalue weighted by molar-refractivity contribution is 0.0495. The Labute approximate surface area is 129 Å². The molecule has 114 valence electrons. The number of halogens is 2. The van der Waals surface area contributed by atoms with E-state index in [1.54, 1.807) is 0 Å². The van der Waals surface area contributed by atoms with Crippen molar-refractivity contribution in [3.05, 3.63) is 34.6 Å². The Morgan fingerprint density at radius 2 is 1.86 bits per heavy atom. The van der Waals surface area contributed by atoms with E-state index < -0.39 is 5.82 Å². The molecule has 2 aliphatic rings.